The molecule has 6 nitrogen and oxygen atoms in total. The second kappa shape index (κ2) is 9.43. The van der Waals surface area contributed by atoms with Crippen LogP contribution in [0.5, 0.6) is 0 Å². The van der Waals surface area contributed by atoms with E-state index in [1.54, 1.807) is 7.05 Å². The number of nitrogens with one attached hydrogen (secondary N) is 2. The summed E-state index contributed by atoms with van der Waals surface area (Å²) in [4.78, 5) is 5.74. The summed E-state index contributed by atoms with van der Waals surface area (Å²) in [5.41, 5.74) is 3.29. The maximum atomic E-state index is 12.4. The topological polar surface area (TPSA) is 57.5 Å². The van der Waals surface area contributed by atoms with Crippen molar-refractivity contribution in [2.45, 2.75) is 45.8 Å². The molecule has 1 saturated heterocycles. The number of hydrogen-bond donors (Lipinski definition) is 2. The molecule has 1 aliphatic rings. The lowest BCUT2D eigenvalue weighted by Gasteiger charge is -2.32. The Labute approximate surface area is 159 Å². The minimum atomic E-state index is -4.10. The van der Waals surface area contributed by atoms with E-state index in [4.69, 9.17) is 0 Å². The van der Waals surface area contributed by atoms with Crippen LogP contribution in [-0.2, 0) is 13.6 Å². The molecule has 0 spiro atoms. The van der Waals surface area contributed by atoms with Gasteiger partial charge in [-0.3, -0.25) is 14.6 Å². The minimum absolute atomic E-state index is 0.461. The summed E-state index contributed by atoms with van der Waals surface area (Å²) >= 11 is 0. The fourth-order valence-electron chi connectivity index (χ4n) is 3.55. The van der Waals surface area contributed by atoms with Crippen LogP contribution in [-0.4, -0.2) is 60.0 Å². The number of piperidine rings is 1. The second-order valence-electron chi connectivity index (χ2n) is 7.25. The van der Waals surface area contributed by atoms with E-state index in [1.807, 2.05) is 25.6 Å². The van der Waals surface area contributed by atoms with E-state index in [-0.39, 0.29) is 0 Å². The van der Waals surface area contributed by atoms with Gasteiger partial charge in [0.1, 0.15) is 0 Å². The Morgan fingerprint density at radius 2 is 1.89 bits per heavy atom. The molecule has 2 N–H and O–H groups in total. The minimum Gasteiger partial charge on any atom is -0.356 e. The maximum Gasteiger partial charge on any atom is 0.401 e. The molecule has 0 aliphatic carbocycles. The average molecular weight is 388 g/mol. The van der Waals surface area contributed by atoms with Crippen molar-refractivity contribution in [3.63, 3.8) is 0 Å². The summed E-state index contributed by atoms with van der Waals surface area (Å²) in [5, 5.41) is 11.0. The first-order valence-electron chi connectivity index (χ1n) is 9.42. The van der Waals surface area contributed by atoms with Gasteiger partial charge in [0.05, 0.1) is 12.2 Å². The van der Waals surface area contributed by atoms with Crippen molar-refractivity contribution in [3.8, 4) is 0 Å². The van der Waals surface area contributed by atoms with Crippen LogP contribution in [0.2, 0.25) is 0 Å². The van der Waals surface area contributed by atoms with Gasteiger partial charge in [0.25, 0.3) is 0 Å². The number of aliphatic imine (C=N–C) groups is 1. The zero-order valence-corrected chi connectivity index (χ0v) is 16.7. The fourth-order valence-corrected chi connectivity index (χ4v) is 3.55. The van der Waals surface area contributed by atoms with Crippen LogP contribution in [0, 0.1) is 19.8 Å². The normalized spacial score (nSPS) is 17.4. The lowest BCUT2D eigenvalue weighted by molar-refractivity contribution is -0.148. The zero-order chi connectivity index (χ0) is 20.0. The van der Waals surface area contributed by atoms with Gasteiger partial charge in [-0.2, -0.15) is 18.3 Å². The molecule has 1 aliphatic heterocycles. The average Bonchev–Trinajstić information content (AvgIpc) is 2.83. The molecule has 1 fully saturated rings. The van der Waals surface area contributed by atoms with Crippen molar-refractivity contribution in [2.75, 3.05) is 33.2 Å². The van der Waals surface area contributed by atoms with Gasteiger partial charge in [-0.25, -0.2) is 0 Å². The molecule has 9 heteroatoms. The highest BCUT2D eigenvalue weighted by molar-refractivity contribution is 5.79. The maximum absolute atomic E-state index is 12.4. The molecule has 1 aromatic rings. The van der Waals surface area contributed by atoms with Crippen LogP contribution in [0.3, 0.4) is 0 Å². The van der Waals surface area contributed by atoms with Gasteiger partial charge in [0.15, 0.2) is 5.96 Å². The van der Waals surface area contributed by atoms with Gasteiger partial charge >= 0.3 is 6.18 Å². The first-order chi connectivity index (χ1) is 12.7. The largest absolute Gasteiger partial charge is 0.401 e. The lowest BCUT2D eigenvalue weighted by Crippen LogP contribution is -2.41. The number of rotatable bonds is 6. The van der Waals surface area contributed by atoms with Gasteiger partial charge in [-0.15, -0.1) is 0 Å². The van der Waals surface area contributed by atoms with Crippen molar-refractivity contribution in [2.24, 2.45) is 18.0 Å². The van der Waals surface area contributed by atoms with Gasteiger partial charge in [0, 0.05) is 38.4 Å². The summed E-state index contributed by atoms with van der Waals surface area (Å²) in [6, 6.07) is 0. The van der Waals surface area contributed by atoms with Crippen molar-refractivity contribution < 1.29 is 13.2 Å². The number of hydrogen-bond acceptors (Lipinski definition) is 3. The quantitative estimate of drug-likeness (QED) is 0.580. The smallest absolute Gasteiger partial charge is 0.356 e. The molecule has 154 valence electrons. The van der Waals surface area contributed by atoms with Gasteiger partial charge in [-0.1, -0.05) is 0 Å². The standard InChI is InChI=1S/C18H31F3N6/c1-13-16(14(2)26(4)25-13)11-24-17(22-3)23-8-5-15-6-9-27(10-7-15)12-18(19,20)21/h15H,5-12H2,1-4H3,(H2,22,23,24). The number of aromatic nitrogens is 2. The molecule has 0 saturated carbocycles. The first kappa shape index (κ1) is 21.5. The molecule has 0 atom stereocenters. The van der Waals surface area contributed by atoms with Crippen molar-refractivity contribution in [1.82, 2.24) is 25.3 Å². The van der Waals surface area contributed by atoms with Crippen LogP contribution in [0.4, 0.5) is 13.2 Å². The summed E-state index contributed by atoms with van der Waals surface area (Å²) in [6.07, 6.45) is -1.53. The highest BCUT2D eigenvalue weighted by Gasteiger charge is 2.32. The molecule has 27 heavy (non-hydrogen) atoms. The number of alkyl halides is 3. The number of nitrogens with zero attached hydrogens (tertiary/aromatic N) is 4. The molecular formula is C18H31F3N6. The summed E-state index contributed by atoms with van der Waals surface area (Å²) in [7, 11) is 3.66. The molecule has 0 amide bonds. The Morgan fingerprint density at radius 1 is 1.22 bits per heavy atom. The van der Waals surface area contributed by atoms with E-state index in [0.717, 1.165) is 48.7 Å². The number of guanidine groups is 1. The van der Waals surface area contributed by atoms with Crippen LogP contribution in [0.25, 0.3) is 0 Å². The molecular weight excluding hydrogens is 357 g/mol. The fraction of sp³-hybridized carbons (Fsp3) is 0.778. The molecule has 0 bridgehead atoms. The van der Waals surface area contributed by atoms with E-state index in [9.17, 15) is 13.2 Å². The third-order valence-electron chi connectivity index (χ3n) is 5.27. The highest BCUT2D eigenvalue weighted by Crippen LogP contribution is 2.23. The summed E-state index contributed by atoms with van der Waals surface area (Å²) < 4.78 is 39.2. The Kier molecular flexibility index (Phi) is 7.52. The van der Waals surface area contributed by atoms with Crippen molar-refractivity contribution in [3.05, 3.63) is 17.0 Å². The Hall–Kier alpha value is -1.77. The molecule has 2 heterocycles. The highest BCUT2D eigenvalue weighted by atomic mass is 19.4. The second-order valence-corrected chi connectivity index (χ2v) is 7.25. The molecule has 1 aromatic heterocycles. The van der Waals surface area contributed by atoms with Crippen molar-refractivity contribution >= 4 is 5.96 Å². The van der Waals surface area contributed by atoms with E-state index in [2.05, 4.69) is 20.7 Å². The summed E-state index contributed by atoms with van der Waals surface area (Å²) in [6.45, 7) is 5.70. The lowest BCUT2D eigenvalue weighted by atomic mass is 9.93. The predicted molar refractivity (Wildman–Crippen MR) is 101 cm³/mol. The van der Waals surface area contributed by atoms with Crippen LogP contribution >= 0.6 is 0 Å². The van der Waals surface area contributed by atoms with Crippen LogP contribution in [0.15, 0.2) is 4.99 Å². The molecule has 2 rings (SSSR count). The van der Waals surface area contributed by atoms with E-state index in [0.29, 0.717) is 25.6 Å². The molecule has 0 aromatic carbocycles. The zero-order valence-electron chi connectivity index (χ0n) is 16.7. The number of likely N-dealkylation sites (tertiary alicyclic amines) is 1. The third-order valence-corrected chi connectivity index (χ3v) is 5.27. The van der Waals surface area contributed by atoms with Crippen LogP contribution < -0.4 is 10.6 Å². The third kappa shape index (κ3) is 6.71. The number of aryl methyl sites for hydroxylation is 2. The molecule has 0 unspecified atom stereocenters. The van der Waals surface area contributed by atoms with Gasteiger partial charge in [0.2, 0.25) is 0 Å². The Balaban J connectivity index is 1.68. The van der Waals surface area contributed by atoms with Crippen molar-refractivity contribution in [1.29, 1.82) is 0 Å². The SMILES string of the molecule is CN=C(NCCC1CCN(CC(F)(F)F)CC1)NCc1c(C)nn(C)c1C. The van der Waals surface area contributed by atoms with Gasteiger partial charge < -0.3 is 10.6 Å². The number of halogens is 3. The van der Waals surface area contributed by atoms with E-state index < -0.39 is 12.7 Å². The van der Waals surface area contributed by atoms with Crippen LogP contribution in [0.1, 0.15) is 36.2 Å². The molecule has 0 radical (unpaired) electrons. The first-order valence-corrected chi connectivity index (χ1v) is 9.42. The van der Waals surface area contributed by atoms with E-state index in [1.165, 1.54) is 4.90 Å². The van der Waals surface area contributed by atoms with Gasteiger partial charge in [-0.05, 0) is 52.1 Å². The summed E-state index contributed by atoms with van der Waals surface area (Å²) in [5.74, 6) is 1.19. The van der Waals surface area contributed by atoms with E-state index >= 15 is 0 Å². The Bertz CT molecular complexity index is 630. The Morgan fingerprint density at radius 3 is 2.41 bits per heavy atom. The predicted octanol–water partition coefficient (Wildman–Crippen LogP) is 2.37. The monoisotopic (exact) mass is 388 g/mol.